The topological polar surface area (TPSA) is 88.6 Å². The molecule has 0 radical (unpaired) electrons. The van der Waals surface area contributed by atoms with Gasteiger partial charge in [-0.15, -0.1) is 0 Å². The number of hydrogen-bond donors (Lipinski definition) is 1. The van der Waals surface area contributed by atoms with E-state index in [9.17, 15) is 14.4 Å². The van der Waals surface area contributed by atoms with Gasteiger partial charge in [-0.05, 0) is 42.5 Å². The number of para-hydroxylation sites is 1. The molecule has 3 aromatic rings. The van der Waals surface area contributed by atoms with Crippen molar-refractivity contribution in [2.75, 3.05) is 24.4 Å². The molecule has 1 heterocycles. The van der Waals surface area contributed by atoms with Crippen LogP contribution in [0.5, 0.6) is 0 Å². The standard InChI is InChI=1S/C22H19N3O4/c1-25(19-6-4-3-5-7-19)21(27)17-12-16(13-23-14-17)20(26)24-18-10-8-15(9-11-18)22(28)29-2/h3-14H,1-2H3,(H,24,26). The van der Waals surface area contributed by atoms with Gasteiger partial charge in [-0.2, -0.15) is 0 Å². The summed E-state index contributed by atoms with van der Waals surface area (Å²) in [5.41, 5.74) is 2.15. The Morgan fingerprint density at radius 3 is 2.21 bits per heavy atom. The molecule has 0 aliphatic heterocycles. The van der Waals surface area contributed by atoms with Crippen LogP contribution in [0, 0.1) is 0 Å². The summed E-state index contributed by atoms with van der Waals surface area (Å²) in [6.45, 7) is 0. The number of rotatable bonds is 5. The summed E-state index contributed by atoms with van der Waals surface area (Å²) < 4.78 is 4.64. The first kappa shape index (κ1) is 19.8. The zero-order chi connectivity index (χ0) is 20.8. The summed E-state index contributed by atoms with van der Waals surface area (Å²) in [4.78, 5) is 42.2. The monoisotopic (exact) mass is 389 g/mol. The predicted molar refractivity (Wildman–Crippen MR) is 109 cm³/mol. The maximum atomic E-state index is 12.7. The van der Waals surface area contributed by atoms with E-state index in [4.69, 9.17) is 0 Å². The number of ether oxygens (including phenoxy) is 1. The number of nitrogens with one attached hydrogen (secondary N) is 1. The van der Waals surface area contributed by atoms with Crippen LogP contribution in [0.1, 0.15) is 31.1 Å². The summed E-state index contributed by atoms with van der Waals surface area (Å²) in [5, 5.41) is 2.71. The minimum atomic E-state index is -0.458. The van der Waals surface area contributed by atoms with Crippen molar-refractivity contribution in [3.8, 4) is 0 Å². The van der Waals surface area contributed by atoms with Crippen molar-refractivity contribution >= 4 is 29.2 Å². The Kier molecular flexibility index (Phi) is 5.99. The van der Waals surface area contributed by atoms with Gasteiger partial charge in [0.15, 0.2) is 0 Å². The molecule has 0 spiro atoms. The molecule has 0 unspecified atom stereocenters. The molecule has 1 N–H and O–H groups in total. The number of hydrogen-bond acceptors (Lipinski definition) is 5. The summed E-state index contributed by atoms with van der Waals surface area (Å²) in [7, 11) is 2.96. The van der Waals surface area contributed by atoms with Gasteiger partial charge in [-0.3, -0.25) is 14.6 Å². The second-order valence-electron chi connectivity index (χ2n) is 6.19. The van der Waals surface area contributed by atoms with Crippen LogP contribution >= 0.6 is 0 Å². The van der Waals surface area contributed by atoms with Crippen molar-refractivity contribution < 1.29 is 19.1 Å². The van der Waals surface area contributed by atoms with E-state index in [0.717, 1.165) is 5.69 Å². The zero-order valence-electron chi connectivity index (χ0n) is 16.0. The van der Waals surface area contributed by atoms with Crippen molar-refractivity contribution in [2.45, 2.75) is 0 Å². The third-order valence-electron chi connectivity index (χ3n) is 4.26. The maximum absolute atomic E-state index is 12.7. The predicted octanol–water partition coefficient (Wildman–Crippen LogP) is 3.40. The van der Waals surface area contributed by atoms with Gasteiger partial charge in [-0.1, -0.05) is 18.2 Å². The number of nitrogens with zero attached hydrogens (tertiary/aromatic N) is 2. The average molecular weight is 389 g/mol. The van der Waals surface area contributed by atoms with Crippen LogP contribution in [0.25, 0.3) is 0 Å². The fourth-order valence-corrected chi connectivity index (χ4v) is 2.65. The Morgan fingerprint density at radius 1 is 0.897 bits per heavy atom. The molecule has 2 amide bonds. The quantitative estimate of drug-likeness (QED) is 0.676. The molecule has 0 saturated heterocycles. The molecule has 146 valence electrons. The molecule has 3 rings (SSSR count). The Hall–Kier alpha value is -4.00. The number of benzene rings is 2. The zero-order valence-corrected chi connectivity index (χ0v) is 16.0. The average Bonchev–Trinajstić information content (AvgIpc) is 2.78. The molecule has 29 heavy (non-hydrogen) atoms. The van der Waals surface area contributed by atoms with Crippen molar-refractivity contribution in [3.05, 3.63) is 89.7 Å². The molecule has 0 bridgehead atoms. The number of carbonyl (C=O) groups excluding carboxylic acids is 3. The Labute approximate surface area is 167 Å². The highest BCUT2D eigenvalue weighted by Crippen LogP contribution is 2.16. The van der Waals surface area contributed by atoms with Crippen molar-refractivity contribution in [3.63, 3.8) is 0 Å². The van der Waals surface area contributed by atoms with Crippen LogP contribution in [-0.2, 0) is 4.74 Å². The molecule has 7 nitrogen and oxygen atoms in total. The Morgan fingerprint density at radius 2 is 1.55 bits per heavy atom. The number of methoxy groups -OCH3 is 1. The van der Waals surface area contributed by atoms with Crippen LogP contribution in [0.4, 0.5) is 11.4 Å². The number of aromatic nitrogens is 1. The molecule has 2 aromatic carbocycles. The molecule has 0 aliphatic rings. The second-order valence-corrected chi connectivity index (χ2v) is 6.19. The summed E-state index contributed by atoms with van der Waals surface area (Å²) in [6, 6.07) is 17.0. The van der Waals surface area contributed by atoms with Gasteiger partial charge in [0.05, 0.1) is 23.8 Å². The van der Waals surface area contributed by atoms with E-state index < -0.39 is 11.9 Å². The largest absolute Gasteiger partial charge is 0.465 e. The highest BCUT2D eigenvalue weighted by atomic mass is 16.5. The fourth-order valence-electron chi connectivity index (χ4n) is 2.65. The van der Waals surface area contributed by atoms with Gasteiger partial charge in [0.25, 0.3) is 11.8 Å². The fraction of sp³-hybridized carbons (Fsp3) is 0.0909. The third kappa shape index (κ3) is 4.65. The summed E-state index contributed by atoms with van der Waals surface area (Å²) >= 11 is 0. The highest BCUT2D eigenvalue weighted by Gasteiger charge is 2.16. The van der Waals surface area contributed by atoms with Crippen LogP contribution in [0.15, 0.2) is 73.1 Å². The lowest BCUT2D eigenvalue weighted by molar-refractivity contribution is 0.0600. The van der Waals surface area contributed by atoms with Crippen molar-refractivity contribution in [1.82, 2.24) is 4.98 Å². The Bertz CT molecular complexity index is 1030. The van der Waals surface area contributed by atoms with E-state index in [-0.39, 0.29) is 11.5 Å². The Balaban J connectivity index is 1.74. The molecule has 1 aromatic heterocycles. The molecule has 0 fully saturated rings. The van der Waals surface area contributed by atoms with Crippen LogP contribution in [0.3, 0.4) is 0 Å². The van der Waals surface area contributed by atoms with E-state index in [1.54, 1.807) is 31.3 Å². The van der Waals surface area contributed by atoms with Gasteiger partial charge in [-0.25, -0.2) is 4.79 Å². The van der Waals surface area contributed by atoms with Crippen molar-refractivity contribution in [2.24, 2.45) is 0 Å². The van der Waals surface area contributed by atoms with Crippen LogP contribution in [0.2, 0.25) is 0 Å². The number of carbonyl (C=O) groups is 3. The minimum Gasteiger partial charge on any atom is -0.465 e. The van der Waals surface area contributed by atoms with E-state index in [1.165, 1.54) is 30.5 Å². The smallest absolute Gasteiger partial charge is 0.337 e. The lowest BCUT2D eigenvalue weighted by atomic mass is 10.1. The second kappa shape index (κ2) is 8.79. The van der Waals surface area contributed by atoms with E-state index in [0.29, 0.717) is 16.8 Å². The van der Waals surface area contributed by atoms with Gasteiger partial charge in [0, 0.05) is 30.8 Å². The first-order valence-corrected chi connectivity index (χ1v) is 8.77. The number of esters is 1. The summed E-state index contributed by atoms with van der Waals surface area (Å²) in [5.74, 6) is -1.15. The molecular weight excluding hydrogens is 370 g/mol. The molecule has 7 heteroatoms. The van der Waals surface area contributed by atoms with Crippen LogP contribution in [-0.4, -0.2) is 36.9 Å². The van der Waals surface area contributed by atoms with E-state index in [1.807, 2.05) is 30.3 Å². The van der Waals surface area contributed by atoms with E-state index in [2.05, 4.69) is 15.0 Å². The summed E-state index contributed by atoms with van der Waals surface area (Å²) in [6.07, 6.45) is 2.81. The van der Waals surface area contributed by atoms with Gasteiger partial charge >= 0.3 is 5.97 Å². The van der Waals surface area contributed by atoms with Gasteiger partial charge in [0.1, 0.15) is 0 Å². The van der Waals surface area contributed by atoms with Gasteiger partial charge < -0.3 is 15.0 Å². The highest BCUT2D eigenvalue weighted by molar-refractivity contribution is 6.09. The van der Waals surface area contributed by atoms with Crippen LogP contribution < -0.4 is 10.2 Å². The molecule has 0 atom stereocenters. The van der Waals surface area contributed by atoms with Crippen molar-refractivity contribution in [1.29, 1.82) is 0 Å². The van der Waals surface area contributed by atoms with E-state index >= 15 is 0 Å². The number of amides is 2. The molecular formula is C22H19N3O4. The lowest BCUT2D eigenvalue weighted by Gasteiger charge is -2.17. The number of pyridine rings is 1. The molecule has 0 aliphatic carbocycles. The minimum absolute atomic E-state index is 0.245. The maximum Gasteiger partial charge on any atom is 0.337 e. The normalized spacial score (nSPS) is 10.1. The number of anilines is 2. The first-order chi connectivity index (χ1) is 14.0. The SMILES string of the molecule is COC(=O)c1ccc(NC(=O)c2cncc(C(=O)N(C)c3ccccc3)c2)cc1. The molecule has 0 saturated carbocycles. The first-order valence-electron chi connectivity index (χ1n) is 8.77. The van der Waals surface area contributed by atoms with Gasteiger partial charge in [0.2, 0.25) is 0 Å². The third-order valence-corrected chi connectivity index (χ3v) is 4.26. The lowest BCUT2D eigenvalue weighted by Crippen LogP contribution is -2.26.